The van der Waals surface area contributed by atoms with Gasteiger partial charge in [-0.15, -0.1) is 6.58 Å². The maximum absolute atomic E-state index is 12.7. The molecule has 0 bridgehead atoms. The Morgan fingerprint density at radius 2 is 2.12 bits per heavy atom. The Balaban J connectivity index is 2.21. The number of nitrogens with zero attached hydrogens (tertiary/aromatic N) is 1. The Hall–Kier alpha value is -2.61. The van der Waals surface area contributed by atoms with Crippen molar-refractivity contribution >= 4 is 23.3 Å². The van der Waals surface area contributed by atoms with Crippen LogP contribution in [0.5, 0.6) is 0 Å². The minimum Gasteiger partial charge on any atom is -0.356 e. The lowest BCUT2D eigenvalue weighted by atomic mass is 9.97. The number of alkyl halides is 3. The third-order valence-electron chi connectivity index (χ3n) is 3.62. The van der Waals surface area contributed by atoms with Gasteiger partial charge in [0.15, 0.2) is 5.78 Å². The second-order valence-corrected chi connectivity index (χ2v) is 5.88. The van der Waals surface area contributed by atoms with Gasteiger partial charge in [-0.3, -0.25) is 14.6 Å². The van der Waals surface area contributed by atoms with Gasteiger partial charge < -0.3 is 10.3 Å². The van der Waals surface area contributed by atoms with E-state index in [9.17, 15) is 22.8 Å². The first-order valence-electron chi connectivity index (χ1n) is 7.49. The molecule has 2 aromatic heterocycles. The van der Waals surface area contributed by atoms with Crippen molar-refractivity contribution in [3.8, 4) is 0 Å². The molecular formula is C17H15ClF3N3O2. The SMILES string of the molecule is C=CCNC(=O)c1cc(C(=O)[C@H](C)c2ncc(C(F)(F)F)cc2Cl)c[nH]1. The molecule has 0 saturated heterocycles. The molecule has 1 amide bonds. The molecule has 1 atom stereocenters. The Morgan fingerprint density at radius 1 is 1.42 bits per heavy atom. The summed E-state index contributed by atoms with van der Waals surface area (Å²) in [6.45, 7) is 5.22. The third-order valence-corrected chi connectivity index (χ3v) is 3.92. The zero-order valence-corrected chi connectivity index (χ0v) is 14.4. The number of hydrogen-bond donors (Lipinski definition) is 2. The molecule has 0 saturated carbocycles. The van der Waals surface area contributed by atoms with Crippen molar-refractivity contribution in [2.75, 3.05) is 6.54 Å². The minimum absolute atomic E-state index is 0.0310. The van der Waals surface area contributed by atoms with Crippen LogP contribution in [0, 0.1) is 0 Å². The maximum atomic E-state index is 12.7. The molecule has 2 rings (SSSR count). The van der Waals surface area contributed by atoms with Gasteiger partial charge in [0.2, 0.25) is 0 Å². The molecule has 0 radical (unpaired) electrons. The van der Waals surface area contributed by atoms with E-state index < -0.39 is 29.3 Å². The molecule has 0 aromatic carbocycles. The summed E-state index contributed by atoms with van der Waals surface area (Å²) in [6, 6.07) is 2.09. The number of nitrogens with one attached hydrogen (secondary N) is 2. The van der Waals surface area contributed by atoms with E-state index in [-0.39, 0.29) is 28.5 Å². The molecule has 5 nitrogen and oxygen atoms in total. The fourth-order valence-electron chi connectivity index (χ4n) is 2.22. The highest BCUT2D eigenvalue weighted by Crippen LogP contribution is 2.33. The minimum atomic E-state index is -4.57. The van der Waals surface area contributed by atoms with Gasteiger partial charge >= 0.3 is 6.18 Å². The topological polar surface area (TPSA) is 74.8 Å². The molecule has 0 aliphatic carbocycles. The van der Waals surface area contributed by atoms with E-state index in [1.165, 1.54) is 25.3 Å². The Kier molecular flexibility index (Phi) is 5.86. The number of Topliss-reactive ketones (excluding diaryl/α,β-unsaturated/α-hetero) is 1. The number of aromatic amines is 1. The van der Waals surface area contributed by atoms with Crippen molar-refractivity contribution in [2.24, 2.45) is 0 Å². The number of H-pyrrole nitrogens is 1. The monoisotopic (exact) mass is 385 g/mol. The number of aromatic nitrogens is 2. The van der Waals surface area contributed by atoms with Gasteiger partial charge in [-0.25, -0.2) is 0 Å². The predicted octanol–water partition coefficient (Wildman–Crippen LogP) is 3.98. The van der Waals surface area contributed by atoms with Gasteiger partial charge in [0.1, 0.15) is 5.69 Å². The summed E-state index contributed by atoms with van der Waals surface area (Å²) in [5, 5.41) is 2.30. The molecule has 2 heterocycles. The smallest absolute Gasteiger partial charge is 0.356 e. The van der Waals surface area contributed by atoms with Crippen molar-refractivity contribution in [3.05, 3.63) is 64.7 Å². The molecule has 0 unspecified atom stereocenters. The fourth-order valence-corrected chi connectivity index (χ4v) is 2.55. The second-order valence-electron chi connectivity index (χ2n) is 5.48. The number of carbonyl (C=O) groups excluding carboxylic acids is 2. The highest BCUT2D eigenvalue weighted by atomic mass is 35.5. The maximum Gasteiger partial charge on any atom is 0.417 e. The zero-order valence-electron chi connectivity index (χ0n) is 13.7. The molecule has 0 spiro atoms. The average molecular weight is 386 g/mol. The third kappa shape index (κ3) is 4.32. The van der Waals surface area contributed by atoms with Crippen LogP contribution in [-0.2, 0) is 6.18 Å². The normalized spacial score (nSPS) is 12.5. The second kappa shape index (κ2) is 7.74. The van der Waals surface area contributed by atoms with E-state index in [1.54, 1.807) is 0 Å². The summed E-state index contributed by atoms with van der Waals surface area (Å²) in [5.74, 6) is -1.73. The number of pyridine rings is 1. The van der Waals surface area contributed by atoms with Crippen LogP contribution in [0.3, 0.4) is 0 Å². The van der Waals surface area contributed by atoms with Crippen molar-refractivity contribution < 1.29 is 22.8 Å². The molecule has 138 valence electrons. The van der Waals surface area contributed by atoms with Crippen molar-refractivity contribution in [1.29, 1.82) is 0 Å². The van der Waals surface area contributed by atoms with E-state index in [2.05, 4.69) is 21.9 Å². The van der Waals surface area contributed by atoms with Gasteiger partial charge in [0.25, 0.3) is 5.91 Å². The Labute approximate surface area is 152 Å². The summed E-state index contributed by atoms with van der Waals surface area (Å²) in [5.41, 5.74) is -0.592. The van der Waals surface area contributed by atoms with Gasteiger partial charge in [-0.1, -0.05) is 17.7 Å². The first-order chi connectivity index (χ1) is 12.1. The summed E-state index contributed by atoms with van der Waals surface area (Å²) >= 11 is 5.88. The molecule has 26 heavy (non-hydrogen) atoms. The van der Waals surface area contributed by atoms with E-state index in [0.29, 0.717) is 6.20 Å². The van der Waals surface area contributed by atoms with Gasteiger partial charge in [-0.05, 0) is 19.1 Å². The first kappa shape index (κ1) is 19.7. The number of ketones is 1. The lowest BCUT2D eigenvalue weighted by Crippen LogP contribution is -2.23. The van der Waals surface area contributed by atoms with Crippen LogP contribution in [0.2, 0.25) is 5.02 Å². The molecule has 0 aliphatic rings. The van der Waals surface area contributed by atoms with Crippen LogP contribution >= 0.6 is 11.6 Å². The highest BCUT2D eigenvalue weighted by molar-refractivity contribution is 6.31. The summed E-state index contributed by atoms with van der Waals surface area (Å²) in [7, 11) is 0. The zero-order chi connectivity index (χ0) is 19.5. The molecule has 9 heteroatoms. The first-order valence-corrected chi connectivity index (χ1v) is 7.87. The van der Waals surface area contributed by atoms with Crippen LogP contribution in [0.25, 0.3) is 0 Å². The summed E-state index contributed by atoms with van der Waals surface area (Å²) in [6.07, 6.45) is -1.08. The number of rotatable bonds is 6. The van der Waals surface area contributed by atoms with Crippen LogP contribution in [0.1, 0.15) is 44.9 Å². The molecule has 2 N–H and O–H groups in total. The average Bonchev–Trinajstić information content (AvgIpc) is 3.07. The quantitative estimate of drug-likeness (QED) is 0.583. The van der Waals surface area contributed by atoms with Crippen molar-refractivity contribution in [3.63, 3.8) is 0 Å². The molecule has 0 fully saturated rings. The Bertz CT molecular complexity index is 846. The van der Waals surface area contributed by atoms with E-state index in [1.807, 2.05) is 0 Å². The number of hydrogen-bond acceptors (Lipinski definition) is 3. The van der Waals surface area contributed by atoms with Crippen molar-refractivity contribution in [2.45, 2.75) is 19.0 Å². The van der Waals surface area contributed by atoms with E-state index in [0.717, 1.165) is 6.07 Å². The molecule has 0 aliphatic heterocycles. The number of halogens is 4. The standard InChI is InChI=1S/C17H15ClF3N3O2/c1-3-4-22-16(26)13-5-10(7-23-13)15(25)9(2)14-12(18)6-11(8-24-14)17(19,20)21/h3,5-9,23H,1,4H2,2H3,(H,22,26)/t9-/m1/s1. The van der Waals surface area contributed by atoms with E-state index in [4.69, 9.17) is 11.6 Å². The van der Waals surface area contributed by atoms with Crippen molar-refractivity contribution in [1.82, 2.24) is 15.3 Å². The molecular weight excluding hydrogens is 371 g/mol. The van der Waals surface area contributed by atoms with Crippen LogP contribution in [-0.4, -0.2) is 28.2 Å². The lowest BCUT2D eigenvalue weighted by molar-refractivity contribution is -0.137. The van der Waals surface area contributed by atoms with Gasteiger partial charge in [0.05, 0.1) is 22.2 Å². The lowest BCUT2D eigenvalue weighted by Gasteiger charge is -2.13. The van der Waals surface area contributed by atoms with Crippen LogP contribution in [0.4, 0.5) is 13.2 Å². The number of carbonyl (C=O) groups is 2. The summed E-state index contributed by atoms with van der Waals surface area (Å²) < 4.78 is 38.0. The van der Waals surface area contributed by atoms with E-state index >= 15 is 0 Å². The predicted molar refractivity (Wildman–Crippen MR) is 90.3 cm³/mol. The highest BCUT2D eigenvalue weighted by Gasteiger charge is 2.32. The van der Waals surface area contributed by atoms with Gasteiger partial charge in [0, 0.05) is 24.5 Å². The number of amides is 1. The van der Waals surface area contributed by atoms with Crippen LogP contribution < -0.4 is 5.32 Å². The Morgan fingerprint density at radius 3 is 2.69 bits per heavy atom. The van der Waals surface area contributed by atoms with Crippen LogP contribution in [0.15, 0.2) is 37.2 Å². The largest absolute Gasteiger partial charge is 0.417 e. The molecule has 2 aromatic rings. The summed E-state index contributed by atoms with van der Waals surface area (Å²) in [4.78, 5) is 30.7. The fraction of sp³-hybridized carbons (Fsp3) is 0.235. The van der Waals surface area contributed by atoms with Gasteiger partial charge in [-0.2, -0.15) is 13.2 Å².